The van der Waals surface area contributed by atoms with E-state index in [1.54, 1.807) is 65.6 Å². The summed E-state index contributed by atoms with van der Waals surface area (Å²) < 4.78 is 12.2. The Labute approximate surface area is 362 Å². The van der Waals surface area contributed by atoms with Crippen LogP contribution in [0, 0.1) is 11.3 Å². The van der Waals surface area contributed by atoms with Crippen molar-refractivity contribution in [1.82, 2.24) is 15.1 Å². The van der Waals surface area contributed by atoms with Gasteiger partial charge in [0, 0.05) is 38.0 Å². The van der Waals surface area contributed by atoms with Crippen LogP contribution < -0.4 is 20.1 Å². The number of urea groups is 1. The number of carbonyl (C=O) groups is 4. The Hall–Kier alpha value is -6.55. The van der Waals surface area contributed by atoms with Gasteiger partial charge in [0.1, 0.15) is 30.2 Å². The molecule has 0 aliphatic carbocycles. The number of anilines is 1. The van der Waals surface area contributed by atoms with Gasteiger partial charge in [-0.3, -0.25) is 9.59 Å². The van der Waals surface area contributed by atoms with Gasteiger partial charge < -0.3 is 35.0 Å². The van der Waals surface area contributed by atoms with E-state index < -0.39 is 30.1 Å². The highest BCUT2D eigenvalue weighted by Gasteiger charge is 2.40. The van der Waals surface area contributed by atoms with Crippen LogP contribution in [0.1, 0.15) is 58.7 Å². The van der Waals surface area contributed by atoms with E-state index in [9.17, 15) is 24.3 Å². The summed E-state index contributed by atoms with van der Waals surface area (Å²) in [4.78, 5) is 57.6. The Kier molecular flexibility index (Phi) is 12.1. The molecule has 310 valence electrons. The van der Waals surface area contributed by atoms with Crippen molar-refractivity contribution >= 4 is 52.7 Å². The van der Waals surface area contributed by atoms with Crippen LogP contribution in [0.5, 0.6) is 11.5 Å². The smallest absolute Gasteiger partial charge is 0.326 e. The number of nitriles is 1. The lowest BCUT2D eigenvalue weighted by Gasteiger charge is -2.41. The van der Waals surface area contributed by atoms with Crippen molar-refractivity contribution in [3.05, 3.63) is 147 Å². The first-order chi connectivity index (χ1) is 29.5. The van der Waals surface area contributed by atoms with Gasteiger partial charge in [-0.15, -0.1) is 0 Å². The van der Waals surface area contributed by atoms with E-state index in [1.807, 2.05) is 42.5 Å². The number of aliphatic carboxylic acids is 1. The first kappa shape index (κ1) is 41.2. The minimum Gasteiger partial charge on any atom is -0.489 e. The number of ether oxygens (including phenoxy) is 2. The number of likely N-dealkylation sites (tertiary alicyclic amines) is 1. The van der Waals surface area contributed by atoms with Gasteiger partial charge in [0.15, 0.2) is 0 Å². The fourth-order valence-electron chi connectivity index (χ4n) is 7.92. The number of piperidine rings is 1. The number of halogens is 2. The zero-order chi connectivity index (χ0) is 42.6. The summed E-state index contributed by atoms with van der Waals surface area (Å²) in [6.45, 7) is 1.48. The lowest BCUT2D eigenvalue weighted by molar-refractivity contribution is -0.142. The standard InChI is InChI=1S/C47H41Cl2N5O7/c48-37-17-8-30(20-38(37)49)27-60-36-15-13-33(14-16-36)43-45(56)51-39-22-34-23-41(54(26-35(34)24-42(39)61-43)47(59)53-18-2-1-3-19-53)44(55)52-40(46(57)58)21-28-4-9-31(10-5-28)32-11-6-29(25-50)7-12-32/h4-17,20,22,24,40-41,43H,1-3,18-19,21,23,26-27H2,(H,51,56)(H,52,55)(H,57,58)/t40-,41?,43-/m0/s1. The second kappa shape index (κ2) is 18.0. The van der Waals surface area contributed by atoms with Crippen LogP contribution in [0.3, 0.4) is 0 Å². The highest BCUT2D eigenvalue weighted by Crippen LogP contribution is 2.40. The van der Waals surface area contributed by atoms with E-state index in [0.717, 1.165) is 47.1 Å². The van der Waals surface area contributed by atoms with Crippen molar-refractivity contribution in [3.8, 4) is 28.7 Å². The fourth-order valence-corrected chi connectivity index (χ4v) is 8.24. The molecule has 4 amide bonds. The maximum absolute atomic E-state index is 14.2. The Balaban J connectivity index is 0.981. The van der Waals surface area contributed by atoms with E-state index in [0.29, 0.717) is 57.0 Å². The number of hydrogen-bond acceptors (Lipinski definition) is 7. The average molecular weight is 859 g/mol. The van der Waals surface area contributed by atoms with Crippen molar-refractivity contribution in [3.63, 3.8) is 0 Å². The summed E-state index contributed by atoms with van der Waals surface area (Å²) in [5.74, 6) is -1.16. The van der Waals surface area contributed by atoms with Crippen molar-refractivity contribution in [2.24, 2.45) is 0 Å². The van der Waals surface area contributed by atoms with Crippen LogP contribution in [-0.2, 0) is 40.4 Å². The lowest BCUT2D eigenvalue weighted by Crippen LogP contribution is -2.58. The van der Waals surface area contributed by atoms with Crippen molar-refractivity contribution < 1.29 is 33.8 Å². The first-order valence-corrected chi connectivity index (χ1v) is 20.8. The molecule has 1 saturated heterocycles. The summed E-state index contributed by atoms with van der Waals surface area (Å²) in [7, 11) is 0. The molecule has 12 nitrogen and oxygen atoms in total. The predicted molar refractivity (Wildman–Crippen MR) is 229 cm³/mol. The summed E-state index contributed by atoms with van der Waals surface area (Å²) in [5, 5.41) is 26.0. The topological polar surface area (TPSA) is 161 Å². The van der Waals surface area contributed by atoms with Crippen molar-refractivity contribution in [1.29, 1.82) is 5.26 Å². The van der Waals surface area contributed by atoms with Crippen LogP contribution in [-0.4, -0.2) is 63.9 Å². The van der Waals surface area contributed by atoms with E-state index in [1.165, 1.54) is 4.90 Å². The molecule has 3 N–H and O–H groups in total. The number of carboxylic acid groups (broad SMARTS) is 1. The SMILES string of the molecule is N#Cc1ccc(-c2ccc(C[C@H](NC(=O)C3Cc4cc5c(cc4CN3C(=O)N3CCCCC3)O[C@@H](c3ccc(OCc4ccc(Cl)c(Cl)c4)cc3)C(=O)N5)C(=O)O)cc2)cc1. The zero-order valence-corrected chi connectivity index (χ0v) is 34.4. The Bertz CT molecular complexity index is 2520. The van der Waals surface area contributed by atoms with Gasteiger partial charge in [-0.25, -0.2) is 9.59 Å². The summed E-state index contributed by atoms with van der Waals surface area (Å²) in [5.41, 5.74) is 6.44. The molecular weight excluding hydrogens is 817 g/mol. The molecule has 1 fully saturated rings. The van der Waals surface area contributed by atoms with Gasteiger partial charge in [-0.05, 0) is 101 Å². The largest absolute Gasteiger partial charge is 0.489 e. The zero-order valence-electron chi connectivity index (χ0n) is 32.9. The molecule has 8 rings (SSSR count). The molecule has 0 saturated carbocycles. The molecule has 5 aromatic rings. The third-order valence-corrected chi connectivity index (χ3v) is 12.0. The summed E-state index contributed by atoms with van der Waals surface area (Å²) in [6.07, 6.45) is 1.88. The number of carboxylic acids is 1. The molecule has 0 bridgehead atoms. The van der Waals surface area contributed by atoms with Gasteiger partial charge in [0.2, 0.25) is 12.0 Å². The van der Waals surface area contributed by atoms with Crippen LogP contribution in [0.25, 0.3) is 11.1 Å². The summed E-state index contributed by atoms with van der Waals surface area (Å²) >= 11 is 12.2. The Morgan fingerprint density at radius 3 is 2.23 bits per heavy atom. The molecule has 0 aromatic heterocycles. The molecule has 1 unspecified atom stereocenters. The second-order valence-corrected chi connectivity index (χ2v) is 16.2. The second-order valence-electron chi connectivity index (χ2n) is 15.4. The highest BCUT2D eigenvalue weighted by atomic mass is 35.5. The molecule has 3 aliphatic rings. The molecule has 0 radical (unpaired) electrons. The Morgan fingerprint density at radius 1 is 0.869 bits per heavy atom. The molecular formula is C47H41Cl2N5O7. The van der Waals surface area contributed by atoms with Gasteiger partial charge in [-0.2, -0.15) is 5.26 Å². The maximum Gasteiger partial charge on any atom is 0.326 e. The van der Waals surface area contributed by atoms with Gasteiger partial charge >= 0.3 is 12.0 Å². The van der Waals surface area contributed by atoms with E-state index in [-0.39, 0.29) is 37.9 Å². The molecule has 0 spiro atoms. The van der Waals surface area contributed by atoms with Gasteiger partial charge in [0.05, 0.1) is 27.4 Å². The number of fused-ring (bicyclic) bond motifs is 2. The first-order valence-electron chi connectivity index (χ1n) is 20.0. The number of amides is 4. The maximum atomic E-state index is 14.2. The monoisotopic (exact) mass is 857 g/mol. The third-order valence-electron chi connectivity index (χ3n) is 11.3. The van der Waals surface area contributed by atoms with Gasteiger partial charge in [0.25, 0.3) is 5.91 Å². The Morgan fingerprint density at radius 2 is 1.56 bits per heavy atom. The molecule has 3 heterocycles. The molecule has 3 atom stereocenters. The summed E-state index contributed by atoms with van der Waals surface area (Å²) in [6, 6.07) is 29.9. The number of hydrogen-bond donors (Lipinski definition) is 3. The van der Waals surface area contributed by atoms with E-state index in [2.05, 4.69) is 16.7 Å². The lowest BCUT2D eigenvalue weighted by atomic mass is 9.91. The van der Waals surface area contributed by atoms with Gasteiger partial charge in [-0.1, -0.05) is 77.8 Å². The van der Waals surface area contributed by atoms with E-state index >= 15 is 0 Å². The van der Waals surface area contributed by atoms with E-state index in [4.69, 9.17) is 37.9 Å². The average Bonchev–Trinajstić information content (AvgIpc) is 3.28. The predicted octanol–water partition coefficient (Wildman–Crippen LogP) is 8.33. The molecule has 3 aliphatic heterocycles. The number of benzene rings is 5. The van der Waals surface area contributed by atoms with Crippen molar-refractivity contribution in [2.45, 2.75) is 63.4 Å². The normalized spacial score (nSPS) is 17.4. The molecule has 61 heavy (non-hydrogen) atoms. The fraction of sp³-hybridized carbons (Fsp3) is 0.255. The minimum atomic E-state index is -1.27. The van der Waals surface area contributed by atoms with Crippen LogP contribution in [0.15, 0.2) is 103 Å². The minimum absolute atomic E-state index is 0.0185. The molecule has 5 aromatic carbocycles. The number of carbonyl (C=O) groups excluding carboxylic acids is 3. The van der Waals surface area contributed by atoms with Crippen LogP contribution in [0.4, 0.5) is 10.5 Å². The van der Waals surface area contributed by atoms with Crippen LogP contribution >= 0.6 is 23.2 Å². The highest BCUT2D eigenvalue weighted by molar-refractivity contribution is 6.42. The third kappa shape index (κ3) is 9.28. The number of nitrogens with zero attached hydrogens (tertiary/aromatic N) is 3. The number of nitrogens with one attached hydrogen (secondary N) is 2. The quantitative estimate of drug-likeness (QED) is 0.126. The van der Waals surface area contributed by atoms with Crippen LogP contribution in [0.2, 0.25) is 10.0 Å². The number of rotatable bonds is 10. The molecule has 14 heteroatoms. The van der Waals surface area contributed by atoms with Crippen molar-refractivity contribution in [2.75, 3.05) is 18.4 Å².